The Labute approximate surface area is 204 Å². The molecule has 3 fully saturated rings. The van der Waals surface area contributed by atoms with Gasteiger partial charge in [-0.1, -0.05) is 34.6 Å². The van der Waals surface area contributed by atoms with Crippen LogP contribution in [-0.2, 0) is 4.74 Å². The van der Waals surface area contributed by atoms with E-state index in [1.807, 2.05) is 44.9 Å². The Balaban J connectivity index is 0.00000149. The first-order valence-corrected chi connectivity index (χ1v) is 13.6. The lowest BCUT2D eigenvalue weighted by molar-refractivity contribution is 0.0205. The zero-order valence-corrected chi connectivity index (χ0v) is 22.8. The maximum absolute atomic E-state index is 13.4. The molecule has 5 nitrogen and oxygen atoms in total. The van der Waals surface area contributed by atoms with Crippen LogP contribution in [-0.4, -0.2) is 53.1 Å². The highest BCUT2D eigenvalue weighted by molar-refractivity contribution is 7.10. The van der Waals surface area contributed by atoms with E-state index in [9.17, 15) is 9.59 Å². The van der Waals surface area contributed by atoms with Gasteiger partial charge in [0, 0.05) is 35.9 Å². The molecule has 3 aliphatic rings. The molecule has 1 aromatic heterocycles. The molecule has 1 aliphatic carbocycles. The first-order valence-electron chi connectivity index (χ1n) is 12.7. The van der Waals surface area contributed by atoms with Gasteiger partial charge in [-0.05, 0) is 75.7 Å². The SMILES string of the molecule is CC.CC1(C)CC2CC(C)(CN2C(=O)c2csc(C3CCN(C(=O)OC(C)(C)C)CC3)c2)C1. The van der Waals surface area contributed by atoms with E-state index in [2.05, 4.69) is 31.7 Å². The summed E-state index contributed by atoms with van der Waals surface area (Å²) in [5.74, 6) is 0.625. The fraction of sp³-hybridized carbons (Fsp3) is 0.778. The summed E-state index contributed by atoms with van der Waals surface area (Å²) in [5.41, 5.74) is 0.963. The number of likely N-dealkylation sites (tertiary alicyclic amines) is 2. The van der Waals surface area contributed by atoms with E-state index in [1.165, 1.54) is 11.3 Å². The number of piperidine rings is 1. The molecule has 1 aromatic rings. The minimum atomic E-state index is -0.461. The zero-order valence-electron chi connectivity index (χ0n) is 22.0. The van der Waals surface area contributed by atoms with Crippen LogP contribution in [0.2, 0.25) is 0 Å². The van der Waals surface area contributed by atoms with Crippen molar-refractivity contribution >= 4 is 23.3 Å². The first-order chi connectivity index (χ1) is 15.3. The van der Waals surface area contributed by atoms with Crippen LogP contribution in [0.5, 0.6) is 0 Å². The second-order valence-corrected chi connectivity index (χ2v) is 13.1. The van der Waals surface area contributed by atoms with Gasteiger partial charge in [0.05, 0.1) is 5.56 Å². The van der Waals surface area contributed by atoms with E-state index >= 15 is 0 Å². The van der Waals surface area contributed by atoms with Crippen LogP contribution >= 0.6 is 11.3 Å². The van der Waals surface area contributed by atoms with Crippen molar-refractivity contribution < 1.29 is 14.3 Å². The van der Waals surface area contributed by atoms with Gasteiger partial charge in [-0.25, -0.2) is 4.79 Å². The Bertz CT molecular complexity index is 848. The minimum absolute atomic E-state index is 0.208. The molecule has 0 N–H and O–H groups in total. The summed E-state index contributed by atoms with van der Waals surface area (Å²) in [6, 6.07) is 2.50. The maximum Gasteiger partial charge on any atom is 0.410 e. The number of amides is 2. The van der Waals surface area contributed by atoms with Crippen LogP contribution in [0.25, 0.3) is 0 Å². The molecule has 0 spiro atoms. The molecule has 1 saturated carbocycles. The number of carbonyl (C=O) groups excluding carboxylic acids is 2. The molecule has 6 heteroatoms. The third-order valence-electron chi connectivity index (χ3n) is 7.09. The highest BCUT2D eigenvalue weighted by Crippen LogP contribution is 2.52. The smallest absolute Gasteiger partial charge is 0.410 e. The first kappa shape index (κ1) is 26.1. The molecule has 0 radical (unpaired) electrons. The molecule has 2 saturated heterocycles. The number of thiophene rings is 1. The molecular formula is C27H44N2O3S. The van der Waals surface area contributed by atoms with Gasteiger partial charge in [0.15, 0.2) is 0 Å². The molecule has 2 amide bonds. The van der Waals surface area contributed by atoms with Crippen molar-refractivity contribution in [2.45, 2.75) is 105 Å². The van der Waals surface area contributed by atoms with Crippen molar-refractivity contribution in [2.75, 3.05) is 19.6 Å². The van der Waals surface area contributed by atoms with Crippen molar-refractivity contribution in [3.63, 3.8) is 0 Å². The highest BCUT2D eigenvalue weighted by atomic mass is 32.1. The summed E-state index contributed by atoms with van der Waals surface area (Å²) in [6.45, 7) is 19.1. The fourth-order valence-corrected chi connectivity index (χ4v) is 7.27. The zero-order chi connectivity index (χ0) is 24.6. The van der Waals surface area contributed by atoms with Crippen molar-refractivity contribution in [1.82, 2.24) is 9.80 Å². The third kappa shape index (κ3) is 6.12. The number of hydrogen-bond donors (Lipinski definition) is 0. The van der Waals surface area contributed by atoms with Gasteiger partial charge in [0.2, 0.25) is 0 Å². The molecular weight excluding hydrogens is 432 g/mol. The highest BCUT2D eigenvalue weighted by Gasteiger charge is 2.51. The molecule has 3 heterocycles. The van der Waals surface area contributed by atoms with Gasteiger partial charge in [-0.3, -0.25) is 4.79 Å². The predicted molar refractivity (Wildman–Crippen MR) is 136 cm³/mol. The predicted octanol–water partition coefficient (Wildman–Crippen LogP) is 6.93. The van der Waals surface area contributed by atoms with Gasteiger partial charge >= 0.3 is 6.09 Å². The number of hydrogen-bond acceptors (Lipinski definition) is 4. The average molecular weight is 477 g/mol. The van der Waals surface area contributed by atoms with Gasteiger partial charge in [0.1, 0.15) is 5.60 Å². The summed E-state index contributed by atoms with van der Waals surface area (Å²) < 4.78 is 5.51. The van der Waals surface area contributed by atoms with E-state index in [-0.39, 0.29) is 17.4 Å². The Morgan fingerprint density at radius 3 is 2.33 bits per heavy atom. The third-order valence-corrected chi connectivity index (χ3v) is 8.19. The number of rotatable bonds is 2. The second kappa shape index (κ2) is 9.59. The summed E-state index contributed by atoms with van der Waals surface area (Å²) >= 11 is 1.70. The van der Waals surface area contributed by atoms with Gasteiger partial charge in [0.25, 0.3) is 5.91 Å². The van der Waals surface area contributed by atoms with Crippen molar-refractivity contribution in [1.29, 1.82) is 0 Å². The summed E-state index contributed by atoms with van der Waals surface area (Å²) in [5, 5.41) is 2.05. The lowest BCUT2D eigenvalue weighted by Crippen LogP contribution is -2.41. The molecule has 2 bridgehead atoms. The molecule has 0 aromatic carbocycles. The van der Waals surface area contributed by atoms with Crippen molar-refractivity contribution in [3.05, 3.63) is 21.9 Å². The Morgan fingerprint density at radius 1 is 1.09 bits per heavy atom. The van der Waals surface area contributed by atoms with Crippen LogP contribution in [0.4, 0.5) is 4.79 Å². The van der Waals surface area contributed by atoms with E-state index in [1.54, 1.807) is 11.3 Å². The maximum atomic E-state index is 13.4. The van der Waals surface area contributed by atoms with Crippen LogP contribution < -0.4 is 0 Å². The molecule has 186 valence electrons. The van der Waals surface area contributed by atoms with Crippen LogP contribution in [0, 0.1) is 10.8 Å². The molecule has 2 atom stereocenters. The van der Waals surface area contributed by atoms with Crippen molar-refractivity contribution in [3.8, 4) is 0 Å². The van der Waals surface area contributed by atoms with Gasteiger partial charge in [-0.15, -0.1) is 11.3 Å². The Hall–Kier alpha value is -1.56. The average Bonchev–Trinajstić information content (AvgIpc) is 3.29. The lowest BCUT2D eigenvalue weighted by atomic mass is 9.65. The topological polar surface area (TPSA) is 49.9 Å². The van der Waals surface area contributed by atoms with Crippen LogP contribution in [0.1, 0.15) is 109 Å². The van der Waals surface area contributed by atoms with Crippen molar-refractivity contribution in [2.24, 2.45) is 10.8 Å². The normalized spacial score (nSPS) is 27.1. The fourth-order valence-electron chi connectivity index (χ4n) is 6.22. The largest absolute Gasteiger partial charge is 0.444 e. The molecule has 33 heavy (non-hydrogen) atoms. The summed E-state index contributed by atoms with van der Waals surface area (Å²) in [7, 11) is 0. The second-order valence-electron chi connectivity index (χ2n) is 12.1. The van der Waals surface area contributed by atoms with E-state index in [0.29, 0.717) is 30.5 Å². The Kier molecular flexibility index (Phi) is 7.57. The van der Waals surface area contributed by atoms with Crippen LogP contribution in [0.15, 0.2) is 11.4 Å². The standard InChI is InChI=1S/C25H38N2O3S.C2H6/c1-23(2,3)30-22(29)26-9-7-17(8-10-26)20-11-18(14-31-20)21(28)27-16-25(6)13-19(27)12-24(4,5)15-25;1-2/h11,14,17,19H,7-10,12-13,15-16H2,1-6H3;1-2H3. The van der Waals surface area contributed by atoms with Gasteiger partial charge in [-0.2, -0.15) is 0 Å². The number of fused-ring (bicyclic) bond motifs is 2. The molecule has 2 unspecified atom stereocenters. The number of ether oxygens (including phenoxy) is 1. The quantitative estimate of drug-likeness (QED) is 0.465. The minimum Gasteiger partial charge on any atom is -0.444 e. The van der Waals surface area contributed by atoms with E-state index in [4.69, 9.17) is 4.74 Å². The molecule has 2 aliphatic heterocycles. The van der Waals surface area contributed by atoms with E-state index in [0.717, 1.165) is 37.8 Å². The Morgan fingerprint density at radius 2 is 1.73 bits per heavy atom. The monoisotopic (exact) mass is 476 g/mol. The number of carbonyl (C=O) groups is 2. The number of nitrogens with zero attached hydrogens (tertiary/aromatic N) is 2. The summed E-state index contributed by atoms with van der Waals surface area (Å²) in [4.78, 5) is 30.9. The van der Waals surface area contributed by atoms with Gasteiger partial charge < -0.3 is 14.5 Å². The van der Waals surface area contributed by atoms with E-state index < -0.39 is 5.60 Å². The summed E-state index contributed by atoms with van der Waals surface area (Å²) in [6.07, 6.45) is 5.07. The lowest BCUT2D eigenvalue weighted by Gasteiger charge is -2.39. The molecule has 4 rings (SSSR count). The van der Waals surface area contributed by atoms with Crippen LogP contribution in [0.3, 0.4) is 0 Å².